The summed E-state index contributed by atoms with van der Waals surface area (Å²) in [6.45, 7) is 4.20. The van der Waals surface area contributed by atoms with E-state index in [1.165, 1.54) is 6.33 Å². The van der Waals surface area contributed by atoms with Crippen LogP contribution in [-0.2, 0) is 9.53 Å². The van der Waals surface area contributed by atoms with Gasteiger partial charge >= 0.3 is 0 Å². The summed E-state index contributed by atoms with van der Waals surface area (Å²) in [6.07, 6.45) is 3.20. The van der Waals surface area contributed by atoms with Gasteiger partial charge in [0.15, 0.2) is 0 Å². The highest BCUT2D eigenvalue weighted by Gasteiger charge is 2.36. The molecule has 0 saturated carbocycles. The quantitative estimate of drug-likeness (QED) is 0.879. The van der Waals surface area contributed by atoms with Gasteiger partial charge in [-0.05, 0) is 19.1 Å². The van der Waals surface area contributed by atoms with Crippen molar-refractivity contribution >= 4 is 11.9 Å². The monoisotopic (exact) mass is 326 g/mol. The van der Waals surface area contributed by atoms with Crippen LogP contribution in [0.15, 0.2) is 42.0 Å². The number of amides is 1. The van der Waals surface area contributed by atoms with Gasteiger partial charge in [-0.3, -0.25) is 9.78 Å². The molecule has 2 aliphatic heterocycles. The molecule has 0 aromatic carbocycles. The van der Waals surface area contributed by atoms with E-state index in [2.05, 4.69) is 20.4 Å². The predicted molar refractivity (Wildman–Crippen MR) is 86.1 cm³/mol. The molecule has 8 nitrogen and oxygen atoms in total. The van der Waals surface area contributed by atoms with Crippen LogP contribution < -0.4 is 5.32 Å². The van der Waals surface area contributed by atoms with Crippen molar-refractivity contribution in [3.63, 3.8) is 0 Å². The van der Waals surface area contributed by atoms with Gasteiger partial charge in [0, 0.05) is 25.0 Å². The fraction of sp³-hybridized carbons (Fsp3) is 0.375. The number of carbonyl (C=O) groups excluding carboxylic acids is 1. The lowest BCUT2D eigenvalue weighted by Crippen LogP contribution is -2.44. The van der Waals surface area contributed by atoms with Gasteiger partial charge in [-0.2, -0.15) is 10.1 Å². The highest BCUT2D eigenvalue weighted by Crippen LogP contribution is 2.34. The number of rotatable bonds is 2. The van der Waals surface area contributed by atoms with Crippen LogP contribution in [0.3, 0.4) is 0 Å². The zero-order chi connectivity index (χ0) is 16.5. The Bertz CT molecular complexity index is 779. The van der Waals surface area contributed by atoms with E-state index in [1.54, 1.807) is 10.9 Å². The number of nitrogens with one attached hydrogen (secondary N) is 1. The van der Waals surface area contributed by atoms with Crippen molar-refractivity contribution in [3.05, 3.63) is 47.7 Å². The molecule has 1 atom stereocenters. The number of fused-ring (bicyclic) bond motifs is 1. The van der Waals surface area contributed by atoms with Crippen LogP contribution in [0, 0.1) is 0 Å². The number of hydrogen-bond acceptors (Lipinski definition) is 6. The molecule has 2 aliphatic rings. The molecule has 0 bridgehead atoms. The topological polar surface area (TPSA) is 85.2 Å². The number of anilines is 1. The molecule has 1 N–H and O–H groups in total. The van der Waals surface area contributed by atoms with E-state index >= 15 is 0 Å². The Morgan fingerprint density at radius 3 is 2.88 bits per heavy atom. The van der Waals surface area contributed by atoms with Crippen molar-refractivity contribution < 1.29 is 9.53 Å². The minimum Gasteiger partial charge on any atom is -0.378 e. The second-order valence-corrected chi connectivity index (χ2v) is 5.75. The first-order chi connectivity index (χ1) is 11.8. The number of morpholine rings is 1. The first-order valence-corrected chi connectivity index (χ1v) is 7.91. The lowest BCUT2D eigenvalue weighted by molar-refractivity contribution is -0.131. The van der Waals surface area contributed by atoms with Gasteiger partial charge < -0.3 is 15.0 Å². The molecule has 1 saturated heterocycles. The van der Waals surface area contributed by atoms with Gasteiger partial charge in [-0.25, -0.2) is 4.68 Å². The number of carbonyl (C=O) groups is 1. The van der Waals surface area contributed by atoms with Crippen LogP contribution in [0.25, 0.3) is 0 Å². The molecule has 1 amide bonds. The van der Waals surface area contributed by atoms with Gasteiger partial charge in [0.05, 0.1) is 24.5 Å². The Labute approximate surface area is 139 Å². The molecular formula is C16H18N6O2. The molecule has 0 aliphatic carbocycles. The Balaban J connectivity index is 1.78. The highest BCUT2D eigenvalue weighted by molar-refractivity contribution is 5.96. The molecule has 0 radical (unpaired) electrons. The SMILES string of the molecule is CC1=C(C(=O)N2CCOCC2)[C@@H](c2ccccn2)n2ncnc2N1. The second kappa shape index (κ2) is 6.04. The first-order valence-electron chi connectivity index (χ1n) is 7.91. The van der Waals surface area contributed by atoms with Crippen LogP contribution in [0.1, 0.15) is 18.7 Å². The van der Waals surface area contributed by atoms with E-state index in [-0.39, 0.29) is 11.9 Å². The van der Waals surface area contributed by atoms with Gasteiger partial charge in [0.25, 0.3) is 5.91 Å². The molecule has 0 unspecified atom stereocenters. The Hall–Kier alpha value is -2.74. The summed E-state index contributed by atoms with van der Waals surface area (Å²) in [5.74, 6) is 0.599. The molecule has 4 rings (SSSR count). The van der Waals surface area contributed by atoms with Gasteiger partial charge in [0.1, 0.15) is 12.4 Å². The Morgan fingerprint density at radius 1 is 1.29 bits per heavy atom. The molecule has 2 aromatic heterocycles. The van der Waals surface area contributed by atoms with Crippen molar-refractivity contribution in [3.8, 4) is 0 Å². The van der Waals surface area contributed by atoms with E-state index in [1.807, 2.05) is 30.0 Å². The van der Waals surface area contributed by atoms with Crippen LogP contribution in [0.4, 0.5) is 5.95 Å². The first kappa shape index (κ1) is 14.8. The Kier molecular flexibility index (Phi) is 3.73. The third kappa shape index (κ3) is 2.44. The molecule has 8 heteroatoms. The normalized spacial score (nSPS) is 20.5. The van der Waals surface area contributed by atoms with Crippen molar-refractivity contribution in [2.24, 2.45) is 0 Å². The maximum absolute atomic E-state index is 13.2. The maximum atomic E-state index is 13.2. The lowest BCUT2D eigenvalue weighted by Gasteiger charge is -2.33. The summed E-state index contributed by atoms with van der Waals surface area (Å²) in [7, 11) is 0. The largest absolute Gasteiger partial charge is 0.378 e. The van der Waals surface area contributed by atoms with E-state index in [4.69, 9.17) is 4.74 Å². The molecule has 124 valence electrons. The third-order valence-electron chi connectivity index (χ3n) is 4.29. The number of nitrogens with zero attached hydrogens (tertiary/aromatic N) is 5. The maximum Gasteiger partial charge on any atom is 0.254 e. The summed E-state index contributed by atoms with van der Waals surface area (Å²) in [5.41, 5.74) is 2.19. The summed E-state index contributed by atoms with van der Waals surface area (Å²) in [4.78, 5) is 23.7. The molecule has 4 heterocycles. The average molecular weight is 326 g/mol. The molecular weight excluding hydrogens is 308 g/mol. The fourth-order valence-electron chi connectivity index (χ4n) is 3.12. The average Bonchev–Trinajstić information content (AvgIpc) is 3.09. The van der Waals surface area contributed by atoms with Gasteiger partial charge in [-0.1, -0.05) is 6.07 Å². The third-order valence-corrected chi connectivity index (χ3v) is 4.29. The van der Waals surface area contributed by atoms with E-state index in [0.717, 1.165) is 11.4 Å². The van der Waals surface area contributed by atoms with Crippen LogP contribution in [0.5, 0.6) is 0 Å². The van der Waals surface area contributed by atoms with Crippen molar-refractivity contribution in [1.82, 2.24) is 24.6 Å². The lowest BCUT2D eigenvalue weighted by atomic mass is 9.98. The van der Waals surface area contributed by atoms with Crippen LogP contribution >= 0.6 is 0 Å². The van der Waals surface area contributed by atoms with Gasteiger partial charge in [0.2, 0.25) is 5.95 Å². The minimum atomic E-state index is -0.389. The van der Waals surface area contributed by atoms with Crippen molar-refractivity contribution in [2.75, 3.05) is 31.6 Å². The minimum absolute atomic E-state index is 0.0138. The number of allylic oxidation sites excluding steroid dienone is 1. The zero-order valence-electron chi connectivity index (χ0n) is 13.3. The highest BCUT2D eigenvalue weighted by atomic mass is 16.5. The second-order valence-electron chi connectivity index (χ2n) is 5.75. The molecule has 2 aromatic rings. The van der Waals surface area contributed by atoms with Crippen molar-refractivity contribution in [2.45, 2.75) is 13.0 Å². The predicted octanol–water partition coefficient (Wildman–Crippen LogP) is 0.821. The Morgan fingerprint density at radius 2 is 2.12 bits per heavy atom. The number of pyridine rings is 1. The van der Waals surface area contributed by atoms with Crippen LogP contribution in [0.2, 0.25) is 0 Å². The molecule has 1 fully saturated rings. The van der Waals surface area contributed by atoms with E-state index < -0.39 is 0 Å². The molecule has 0 spiro atoms. The standard InChI is InChI=1S/C16H18N6O2/c1-11-13(15(23)21-6-8-24-9-7-21)14(12-4-2-3-5-17-12)22-16(20-11)18-10-19-22/h2-5,10,14H,6-9H2,1H3,(H,18,19,20)/t14-/m1/s1. The number of ether oxygens (including phenoxy) is 1. The number of aromatic nitrogens is 4. The molecule has 24 heavy (non-hydrogen) atoms. The smallest absolute Gasteiger partial charge is 0.254 e. The van der Waals surface area contributed by atoms with Crippen molar-refractivity contribution in [1.29, 1.82) is 0 Å². The van der Waals surface area contributed by atoms with E-state index in [9.17, 15) is 4.79 Å². The summed E-state index contributed by atoms with van der Waals surface area (Å²) in [6, 6.07) is 5.28. The van der Waals surface area contributed by atoms with E-state index in [0.29, 0.717) is 37.8 Å². The number of hydrogen-bond donors (Lipinski definition) is 1. The van der Waals surface area contributed by atoms with Crippen LogP contribution in [-0.4, -0.2) is 56.9 Å². The fourth-order valence-corrected chi connectivity index (χ4v) is 3.12. The summed E-state index contributed by atoms with van der Waals surface area (Å²) >= 11 is 0. The van der Waals surface area contributed by atoms with Gasteiger partial charge in [-0.15, -0.1) is 0 Å². The summed E-state index contributed by atoms with van der Waals surface area (Å²) < 4.78 is 7.07. The zero-order valence-corrected chi connectivity index (χ0v) is 13.3. The summed E-state index contributed by atoms with van der Waals surface area (Å²) in [5, 5.41) is 7.47.